The van der Waals surface area contributed by atoms with Crippen LogP contribution in [0.5, 0.6) is 0 Å². The highest BCUT2D eigenvalue weighted by atomic mass is 32.2. The zero-order valence-corrected chi connectivity index (χ0v) is 13.4. The van der Waals surface area contributed by atoms with Crippen molar-refractivity contribution < 1.29 is 8.42 Å². The van der Waals surface area contributed by atoms with Crippen LogP contribution in [0.4, 0.5) is 11.4 Å². The Kier molecular flexibility index (Phi) is 5.08. The number of nitrogens with two attached hydrogens (primary N) is 1. The summed E-state index contributed by atoms with van der Waals surface area (Å²) >= 11 is 0. The quantitative estimate of drug-likeness (QED) is 0.680. The second kappa shape index (κ2) is 6.64. The van der Waals surface area contributed by atoms with Crippen molar-refractivity contribution in [3.05, 3.63) is 18.2 Å². The molecule has 1 aliphatic rings. The van der Waals surface area contributed by atoms with Gasteiger partial charge >= 0.3 is 0 Å². The number of nitrogens with one attached hydrogen (secondary N) is 2. The van der Waals surface area contributed by atoms with E-state index in [0.29, 0.717) is 23.8 Å². The number of hydrogen-bond acceptors (Lipinski definition) is 5. The molecule has 1 unspecified atom stereocenters. The molecule has 0 aliphatic carbocycles. The minimum Gasteiger partial charge on any atom is -0.397 e. The lowest BCUT2D eigenvalue weighted by Crippen LogP contribution is -2.23. The fourth-order valence-electron chi connectivity index (χ4n) is 2.58. The highest BCUT2D eigenvalue weighted by Gasteiger charge is 2.20. The summed E-state index contributed by atoms with van der Waals surface area (Å²) in [5.74, 6) is 0.573. The molecule has 0 spiro atoms. The van der Waals surface area contributed by atoms with Gasteiger partial charge in [0, 0.05) is 19.6 Å². The van der Waals surface area contributed by atoms with E-state index in [4.69, 9.17) is 5.73 Å². The summed E-state index contributed by atoms with van der Waals surface area (Å²) in [6.07, 6.45) is 1.15. The molecule has 1 atom stereocenters. The van der Waals surface area contributed by atoms with Crippen LogP contribution in [0.15, 0.2) is 23.1 Å². The van der Waals surface area contributed by atoms with Crippen LogP contribution in [0.1, 0.15) is 13.3 Å². The van der Waals surface area contributed by atoms with Gasteiger partial charge in [-0.25, -0.2) is 13.1 Å². The van der Waals surface area contributed by atoms with Crippen molar-refractivity contribution in [2.24, 2.45) is 5.92 Å². The predicted octanol–water partition coefficient (Wildman–Crippen LogP) is 0.931. The van der Waals surface area contributed by atoms with E-state index < -0.39 is 10.0 Å². The highest BCUT2D eigenvalue weighted by Crippen LogP contribution is 2.24. The highest BCUT2D eigenvalue weighted by molar-refractivity contribution is 7.89. The number of rotatable bonds is 6. The molecular weight excluding hydrogens is 288 g/mol. The van der Waals surface area contributed by atoms with Gasteiger partial charge in [0.1, 0.15) is 0 Å². The number of likely N-dealkylation sites (tertiary alicyclic amines) is 1. The number of nitrogens with zero attached hydrogens (tertiary/aromatic N) is 1. The van der Waals surface area contributed by atoms with Gasteiger partial charge < -0.3 is 16.0 Å². The Bertz CT molecular complexity index is 589. The summed E-state index contributed by atoms with van der Waals surface area (Å²) in [7, 11) is -1.34. The number of sulfonamides is 1. The van der Waals surface area contributed by atoms with Crippen molar-refractivity contribution in [3.8, 4) is 0 Å². The van der Waals surface area contributed by atoms with E-state index in [1.807, 2.05) is 0 Å². The van der Waals surface area contributed by atoms with Gasteiger partial charge in [0.2, 0.25) is 10.0 Å². The van der Waals surface area contributed by atoms with Crippen molar-refractivity contribution >= 4 is 21.4 Å². The molecule has 1 heterocycles. The first-order chi connectivity index (χ1) is 9.92. The lowest BCUT2D eigenvalue weighted by Gasteiger charge is -2.15. The molecule has 1 aromatic rings. The smallest absolute Gasteiger partial charge is 0.240 e. The van der Waals surface area contributed by atoms with Crippen LogP contribution in [0.3, 0.4) is 0 Å². The molecule has 1 aliphatic heterocycles. The average molecular weight is 312 g/mol. The van der Waals surface area contributed by atoms with Gasteiger partial charge in [-0.3, -0.25) is 0 Å². The Morgan fingerprint density at radius 1 is 1.43 bits per heavy atom. The molecule has 0 bridgehead atoms. The Morgan fingerprint density at radius 3 is 2.81 bits per heavy atom. The summed E-state index contributed by atoms with van der Waals surface area (Å²) in [5.41, 5.74) is 7.18. The van der Waals surface area contributed by atoms with E-state index in [2.05, 4.69) is 22.0 Å². The van der Waals surface area contributed by atoms with Crippen LogP contribution < -0.4 is 15.8 Å². The van der Waals surface area contributed by atoms with Gasteiger partial charge in [0.25, 0.3) is 0 Å². The molecule has 0 amide bonds. The average Bonchev–Trinajstić information content (AvgIpc) is 2.83. The first-order valence-corrected chi connectivity index (χ1v) is 8.72. The Hall–Kier alpha value is -1.31. The molecule has 1 saturated heterocycles. The van der Waals surface area contributed by atoms with E-state index >= 15 is 0 Å². The third-order valence-electron chi connectivity index (χ3n) is 3.74. The number of anilines is 2. The van der Waals surface area contributed by atoms with Crippen LogP contribution in [0.2, 0.25) is 0 Å². The van der Waals surface area contributed by atoms with E-state index in [-0.39, 0.29) is 4.90 Å². The lowest BCUT2D eigenvalue weighted by atomic mass is 10.1. The van der Waals surface area contributed by atoms with Gasteiger partial charge in [-0.1, -0.05) is 6.92 Å². The standard InChI is InChI=1S/C14H24N4O2S/c1-3-17-21(19,20)12-4-5-13(15)14(8-12)16-9-11-6-7-18(2)10-11/h4-5,8,11,16-17H,3,6-7,9-10,15H2,1-2H3. The van der Waals surface area contributed by atoms with Gasteiger partial charge in [0.15, 0.2) is 0 Å². The van der Waals surface area contributed by atoms with Gasteiger partial charge in [0.05, 0.1) is 16.3 Å². The molecular formula is C14H24N4O2S. The maximum Gasteiger partial charge on any atom is 0.240 e. The molecule has 0 saturated carbocycles. The third kappa shape index (κ3) is 4.09. The molecule has 6 nitrogen and oxygen atoms in total. The van der Waals surface area contributed by atoms with Crippen molar-refractivity contribution in [1.82, 2.24) is 9.62 Å². The maximum absolute atomic E-state index is 12.0. The summed E-state index contributed by atoms with van der Waals surface area (Å²) in [5, 5.41) is 3.29. The number of benzene rings is 1. The van der Waals surface area contributed by atoms with Crippen LogP contribution in [-0.4, -0.2) is 46.5 Å². The number of nitrogen functional groups attached to an aromatic ring is 1. The van der Waals surface area contributed by atoms with Crippen molar-refractivity contribution in [3.63, 3.8) is 0 Å². The molecule has 118 valence electrons. The minimum absolute atomic E-state index is 0.240. The Morgan fingerprint density at radius 2 is 2.19 bits per heavy atom. The molecule has 7 heteroatoms. The Balaban J connectivity index is 2.09. The second-order valence-corrected chi connectivity index (χ2v) is 7.32. The molecule has 2 rings (SSSR count). The van der Waals surface area contributed by atoms with Crippen molar-refractivity contribution in [2.75, 3.05) is 44.3 Å². The molecule has 21 heavy (non-hydrogen) atoms. The van der Waals surface area contributed by atoms with Crippen LogP contribution in [0, 0.1) is 5.92 Å². The normalized spacial score (nSPS) is 19.8. The van der Waals surface area contributed by atoms with Crippen molar-refractivity contribution in [1.29, 1.82) is 0 Å². The predicted molar refractivity (Wildman–Crippen MR) is 85.8 cm³/mol. The van der Waals surface area contributed by atoms with Gasteiger partial charge in [-0.2, -0.15) is 0 Å². The first kappa shape index (κ1) is 16.1. The lowest BCUT2D eigenvalue weighted by molar-refractivity contribution is 0.399. The Labute approximate surface area is 126 Å². The summed E-state index contributed by atoms with van der Waals surface area (Å²) in [6, 6.07) is 4.77. The van der Waals surface area contributed by atoms with E-state index in [0.717, 1.165) is 26.1 Å². The fourth-order valence-corrected chi connectivity index (χ4v) is 3.64. The summed E-state index contributed by atoms with van der Waals surface area (Å²) < 4.78 is 26.5. The SMILES string of the molecule is CCNS(=O)(=O)c1ccc(N)c(NCC2CCN(C)C2)c1. The van der Waals surface area contributed by atoms with E-state index in [1.165, 1.54) is 6.07 Å². The zero-order valence-electron chi connectivity index (χ0n) is 12.6. The zero-order chi connectivity index (χ0) is 15.5. The third-order valence-corrected chi connectivity index (χ3v) is 5.28. The number of hydrogen-bond donors (Lipinski definition) is 3. The second-order valence-electron chi connectivity index (χ2n) is 5.55. The molecule has 0 radical (unpaired) electrons. The van der Waals surface area contributed by atoms with Crippen LogP contribution in [0.25, 0.3) is 0 Å². The summed E-state index contributed by atoms with van der Waals surface area (Å²) in [4.78, 5) is 2.53. The fraction of sp³-hybridized carbons (Fsp3) is 0.571. The first-order valence-electron chi connectivity index (χ1n) is 7.24. The van der Waals surface area contributed by atoms with Crippen LogP contribution >= 0.6 is 0 Å². The largest absolute Gasteiger partial charge is 0.397 e. The van der Waals surface area contributed by atoms with Gasteiger partial charge in [-0.05, 0) is 44.1 Å². The van der Waals surface area contributed by atoms with Crippen molar-refractivity contribution in [2.45, 2.75) is 18.2 Å². The topological polar surface area (TPSA) is 87.5 Å². The minimum atomic E-state index is -3.45. The van der Waals surface area contributed by atoms with E-state index in [1.54, 1.807) is 19.1 Å². The maximum atomic E-state index is 12.0. The summed E-state index contributed by atoms with van der Waals surface area (Å²) in [6.45, 7) is 5.09. The molecule has 1 fully saturated rings. The monoisotopic (exact) mass is 312 g/mol. The van der Waals surface area contributed by atoms with Gasteiger partial charge in [-0.15, -0.1) is 0 Å². The molecule has 0 aromatic heterocycles. The molecule has 4 N–H and O–H groups in total. The molecule has 1 aromatic carbocycles. The van der Waals surface area contributed by atoms with Crippen LogP contribution in [-0.2, 0) is 10.0 Å². The van der Waals surface area contributed by atoms with E-state index in [9.17, 15) is 8.42 Å².